The molecule has 0 aliphatic rings. The number of nitrogens with zero attached hydrogens (tertiary/aromatic N) is 3. The highest BCUT2D eigenvalue weighted by Gasteiger charge is 2.16. The highest BCUT2D eigenvalue weighted by atomic mass is 16.5. The lowest BCUT2D eigenvalue weighted by atomic mass is 10.1. The molecule has 0 saturated heterocycles. The Morgan fingerprint density at radius 1 is 0.974 bits per heavy atom. The van der Waals surface area contributed by atoms with Crippen molar-refractivity contribution in [1.29, 1.82) is 0 Å². The van der Waals surface area contributed by atoms with Crippen LogP contribution in [0.1, 0.15) is 53.2 Å². The number of anilines is 2. The second kappa shape index (κ2) is 11.9. The maximum Gasteiger partial charge on any atom is 0.338 e. The molecule has 0 aliphatic heterocycles. The van der Waals surface area contributed by atoms with Crippen molar-refractivity contribution in [3.05, 3.63) is 89.9 Å². The molecule has 39 heavy (non-hydrogen) atoms. The number of hydrogen-bond acceptors (Lipinski definition) is 7. The Balaban J connectivity index is 1.48. The molecule has 0 unspecified atom stereocenters. The SMILES string of the molecule is CCOC(=O)c1cccc(-n2nc(C(C)C)cc2NC(=O)Nc2ccc(Oc3ccnc(C(N)=O)c3)cc2)c1. The third-order valence-corrected chi connectivity index (χ3v) is 5.49. The number of amides is 3. The van der Waals surface area contributed by atoms with Crippen molar-refractivity contribution >= 4 is 29.4 Å². The van der Waals surface area contributed by atoms with E-state index >= 15 is 0 Å². The number of pyridine rings is 1. The van der Waals surface area contributed by atoms with Gasteiger partial charge in [-0.1, -0.05) is 19.9 Å². The van der Waals surface area contributed by atoms with Crippen LogP contribution >= 0.6 is 0 Å². The van der Waals surface area contributed by atoms with Crippen LogP contribution in [0.3, 0.4) is 0 Å². The third kappa shape index (κ3) is 6.77. The van der Waals surface area contributed by atoms with Crippen molar-refractivity contribution in [3.8, 4) is 17.2 Å². The van der Waals surface area contributed by atoms with Gasteiger partial charge in [-0.2, -0.15) is 5.10 Å². The predicted octanol–water partition coefficient (Wildman–Crippen LogP) is 5.10. The molecule has 0 spiro atoms. The number of esters is 1. The predicted molar refractivity (Wildman–Crippen MR) is 146 cm³/mol. The Hall–Kier alpha value is -5.19. The summed E-state index contributed by atoms with van der Waals surface area (Å²) < 4.78 is 12.4. The first-order valence-corrected chi connectivity index (χ1v) is 12.2. The van der Waals surface area contributed by atoms with Crippen LogP contribution in [-0.2, 0) is 4.74 Å². The average molecular weight is 529 g/mol. The Kier molecular flexibility index (Phi) is 8.20. The molecule has 2 aromatic carbocycles. The summed E-state index contributed by atoms with van der Waals surface area (Å²) in [5, 5.41) is 10.2. The first kappa shape index (κ1) is 26.9. The summed E-state index contributed by atoms with van der Waals surface area (Å²) in [6.07, 6.45) is 1.43. The number of nitrogens with one attached hydrogen (secondary N) is 2. The molecule has 0 aliphatic carbocycles. The van der Waals surface area contributed by atoms with Gasteiger partial charge in [0.05, 0.1) is 23.6 Å². The fourth-order valence-corrected chi connectivity index (χ4v) is 3.58. The van der Waals surface area contributed by atoms with Crippen molar-refractivity contribution in [1.82, 2.24) is 14.8 Å². The summed E-state index contributed by atoms with van der Waals surface area (Å²) in [4.78, 5) is 40.3. The average Bonchev–Trinajstić information content (AvgIpc) is 3.34. The minimum absolute atomic E-state index is 0.0925. The minimum atomic E-state index is -0.653. The number of benzene rings is 2. The highest BCUT2D eigenvalue weighted by Crippen LogP contribution is 2.25. The van der Waals surface area contributed by atoms with E-state index in [1.807, 2.05) is 13.8 Å². The van der Waals surface area contributed by atoms with E-state index in [9.17, 15) is 14.4 Å². The number of primary amides is 1. The number of ether oxygens (including phenoxy) is 2. The van der Waals surface area contributed by atoms with Crippen LogP contribution in [0, 0.1) is 0 Å². The number of carbonyl (C=O) groups is 3. The number of aromatic nitrogens is 3. The molecule has 0 bridgehead atoms. The van der Waals surface area contributed by atoms with Gasteiger partial charge < -0.3 is 20.5 Å². The van der Waals surface area contributed by atoms with Crippen molar-refractivity contribution < 1.29 is 23.9 Å². The number of carbonyl (C=O) groups excluding carboxylic acids is 3. The number of hydrogen-bond donors (Lipinski definition) is 3. The molecule has 0 fully saturated rings. The van der Waals surface area contributed by atoms with E-state index in [0.717, 1.165) is 5.69 Å². The quantitative estimate of drug-likeness (QED) is 0.256. The fourth-order valence-electron chi connectivity index (χ4n) is 3.58. The van der Waals surface area contributed by atoms with Crippen LogP contribution in [0.25, 0.3) is 5.69 Å². The van der Waals surface area contributed by atoms with Crippen LogP contribution in [0.15, 0.2) is 72.9 Å². The molecule has 2 heterocycles. The second-order valence-electron chi connectivity index (χ2n) is 8.74. The van der Waals surface area contributed by atoms with E-state index in [4.69, 9.17) is 15.2 Å². The normalized spacial score (nSPS) is 10.7. The van der Waals surface area contributed by atoms with E-state index < -0.39 is 17.9 Å². The van der Waals surface area contributed by atoms with Crippen LogP contribution in [-0.4, -0.2) is 39.3 Å². The smallest absolute Gasteiger partial charge is 0.338 e. The standard InChI is InChI=1S/C28H28N6O5/c1-4-38-27(36)18-6-5-7-20(14-18)34-25(16-23(33-34)17(2)3)32-28(37)31-19-8-10-21(11-9-19)39-22-12-13-30-24(15-22)26(29)35/h5-17H,4H2,1-3H3,(H2,29,35)(H2,31,32,37). The molecule has 0 radical (unpaired) electrons. The van der Waals surface area contributed by atoms with Crippen molar-refractivity contribution in [2.24, 2.45) is 5.73 Å². The Morgan fingerprint density at radius 2 is 1.74 bits per heavy atom. The number of urea groups is 1. The molecule has 0 atom stereocenters. The summed E-state index contributed by atoms with van der Waals surface area (Å²) in [7, 11) is 0. The topological polar surface area (TPSA) is 150 Å². The molecule has 4 N–H and O–H groups in total. The molecule has 11 heteroatoms. The monoisotopic (exact) mass is 528 g/mol. The molecule has 11 nitrogen and oxygen atoms in total. The highest BCUT2D eigenvalue weighted by molar-refractivity contribution is 5.99. The van der Waals surface area contributed by atoms with E-state index in [0.29, 0.717) is 34.3 Å². The zero-order valence-corrected chi connectivity index (χ0v) is 21.7. The summed E-state index contributed by atoms with van der Waals surface area (Å²) >= 11 is 0. The van der Waals surface area contributed by atoms with Crippen LogP contribution in [0.4, 0.5) is 16.3 Å². The lowest BCUT2D eigenvalue weighted by molar-refractivity contribution is 0.0526. The lowest BCUT2D eigenvalue weighted by Crippen LogP contribution is -2.21. The van der Waals surface area contributed by atoms with Gasteiger partial charge >= 0.3 is 12.0 Å². The van der Waals surface area contributed by atoms with Gasteiger partial charge in [0.15, 0.2) is 0 Å². The van der Waals surface area contributed by atoms with Crippen molar-refractivity contribution in [2.75, 3.05) is 17.2 Å². The molecule has 4 rings (SSSR count). The van der Waals surface area contributed by atoms with Gasteiger partial charge in [-0.3, -0.25) is 15.1 Å². The van der Waals surface area contributed by atoms with Crippen molar-refractivity contribution in [3.63, 3.8) is 0 Å². The van der Waals surface area contributed by atoms with Gasteiger partial charge in [-0.15, -0.1) is 0 Å². The summed E-state index contributed by atoms with van der Waals surface area (Å²) in [6, 6.07) is 17.9. The first-order chi connectivity index (χ1) is 18.7. The fraction of sp³-hybridized carbons (Fsp3) is 0.179. The summed E-state index contributed by atoms with van der Waals surface area (Å²) in [5.74, 6) is 0.337. The zero-order valence-electron chi connectivity index (χ0n) is 21.7. The Bertz CT molecular complexity index is 1500. The van der Waals surface area contributed by atoms with Gasteiger partial charge in [0.1, 0.15) is 23.0 Å². The maximum atomic E-state index is 12.9. The van der Waals surface area contributed by atoms with Crippen LogP contribution in [0.5, 0.6) is 11.5 Å². The van der Waals surface area contributed by atoms with E-state index in [1.54, 1.807) is 72.3 Å². The van der Waals surface area contributed by atoms with Gasteiger partial charge in [-0.05, 0) is 61.4 Å². The summed E-state index contributed by atoms with van der Waals surface area (Å²) in [6.45, 7) is 6.00. The lowest BCUT2D eigenvalue weighted by Gasteiger charge is -2.12. The minimum Gasteiger partial charge on any atom is -0.462 e. The third-order valence-electron chi connectivity index (χ3n) is 5.49. The van der Waals surface area contributed by atoms with E-state index in [-0.39, 0.29) is 18.2 Å². The molecule has 3 amide bonds. The summed E-state index contributed by atoms with van der Waals surface area (Å²) in [5.41, 5.74) is 7.62. The molecular weight excluding hydrogens is 500 g/mol. The van der Waals surface area contributed by atoms with Gasteiger partial charge in [0, 0.05) is 24.0 Å². The molecule has 200 valence electrons. The molecule has 4 aromatic rings. The maximum absolute atomic E-state index is 12.9. The molecule has 0 saturated carbocycles. The van der Waals surface area contributed by atoms with Gasteiger partial charge in [-0.25, -0.2) is 14.3 Å². The first-order valence-electron chi connectivity index (χ1n) is 12.2. The van der Waals surface area contributed by atoms with E-state index in [1.165, 1.54) is 12.3 Å². The van der Waals surface area contributed by atoms with Crippen LogP contribution in [0.2, 0.25) is 0 Å². The number of nitrogens with two attached hydrogens (primary N) is 1. The zero-order chi connectivity index (χ0) is 27.9. The van der Waals surface area contributed by atoms with Crippen molar-refractivity contribution in [2.45, 2.75) is 26.7 Å². The second-order valence-corrected chi connectivity index (χ2v) is 8.74. The van der Waals surface area contributed by atoms with Crippen LogP contribution < -0.4 is 21.1 Å². The molecular formula is C28H28N6O5. The Morgan fingerprint density at radius 3 is 2.44 bits per heavy atom. The van der Waals surface area contributed by atoms with Gasteiger partial charge in [0.25, 0.3) is 5.91 Å². The molecule has 2 aromatic heterocycles. The number of rotatable bonds is 9. The van der Waals surface area contributed by atoms with E-state index in [2.05, 4.69) is 20.7 Å². The Labute approximate surface area is 225 Å². The van der Waals surface area contributed by atoms with Gasteiger partial charge in [0.2, 0.25) is 0 Å². The largest absolute Gasteiger partial charge is 0.462 e.